The Balaban J connectivity index is 0.920. The third-order valence-corrected chi connectivity index (χ3v) is 26.3. The summed E-state index contributed by atoms with van der Waals surface area (Å²) in [6.07, 6.45) is -107. The number of rotatable bonds is 39. The van der Waals surface area contributed by atoms with Gasteiger partial charge in [-0.1, -0.05) is 0 Å². The number of carboxylic acids is 1. The summed E-state index contributed by atoms with van der Waals surface area (Å²) in [6, 6.07) is -11.7. The molecule has 0 aromatic heterocycles. The largest absolute Gasteiger partial charge is 0.477 e. The minimum Gasteiger partial charge on any atom is -0.477 e. The first-order chi connectivity index (χ1) is 68.3. The van der Waals surface area contributed by atoms with Crippen molar-refractivity contribution in [2.24, 2.45) is 0 Å². The summed E-state index contributed by atoms with van der Waals surface area (Å²) in [5, 5.41) is 353. The zero-order valence-electron chi connectivity index (χ0n) is 78.4. The number of aliphatic hydroxyl groups excluding tert-OH is 29. The van der Waals surface area contributed by atoms with E-state index in [1.165, 1.54) is 6.92 Å². The first-order valence-corrected chi connectivity index (χ1v) is 46.1. The van der Waals surface area contributed by atoms with Gasteiger partial charge in [0.2, 0.25) is 35.4 Å². The molecule has 11 rings (SSSR count). The van der Waals surface area contributed by atoms with E-state index in [0.29, 0.717) is 0 Å². The van der Waals surface area contributed by atoms with Crippen LogP contribution in [-0.4, -0.2) is 604 Å². The fourth-order valence-electron chi connectivity index (χ4n) is 18.7. The Morgan fingerprint density at radius 1 is 0.297 bits per heavy atom. The zero-order valence-corrected chi connectivity index (χ0v) is 78.4. The molecule has 56 atom stereocenters. The molecule has 0 saturated carbocycles. The Labute approximate surface area is 821 Å². The molecule has 6 amide bonds. The van der Waals surface area contributed by atoms with Gasteiger partial charge in [0, 0.05) is 48.0 Å². The summed E-state index contributed by atoms with van der Waals surface area (Å²) in [5.41, 5.74) is 0. The molecule has 836 valence electrons. The van der Waals surface area contributed by atoms with Crippen molar-refractivity contribution < 1.29 is 286 Å². The molecule has 0 unspecified atom stereocenters. The van der Waals surface area contributed by atoms with E-state index in [2.05, 4.69) is 31.9 Å². The highest BCUT2D eigenvalue weighted by Gasteiger charge is 2.64. The Morgan fingerprint density at radius 2 is 0.614 bits per heavy atom. The van der Waals surface area contributed by atoms with Crippen molar-refractivity contribution in [3.8, 4) is 0 Å². The molecule has 0 radical (unpaired) electrons. The van der Waals surface area contributed by atoms with Gasteiger partial charge in [-0.2, -0.15) is 0 Å². The molecule has 0 aromatic carbocycles. The van der Waals surface area contributed by atoms with Gasteiger partial charge in [-0.15, -0.1) is 0 Å². The van der Waals surface area contributed by atoms with Gasteiger partial charge in [-0.25, -0.2) is 4.79 Å². The van der Waals surface area contributed by atoms with Crippen LogP contribution >= 0.6 is 0 Å². The highest BCUT2D eigenvalue weighted by atomic mass is 16.8. The molecule has 11 saturated heterocycles. The van der Waals surface area contributed by atoms with Crippen molar-refractivity contribution in [3.05, 3.63) is 0 Å². The van der Waals surface area contributed by atoms with Crippen LogP contribution in [0.15, 0.2) is 0 Å². The Morgan fingerprint density at radius 3 is 1.06 bits per heavy atom. The van der Waals surface area contributed by atoms with Crippen LogP contribution in [0.2, 0.25) is 0 Å². The van der Waals surface area contributed by atoms with E-state index in [1.54, 1.807) is 0 Å². The lowest BCUT2D eigenvalue weighted by Crippen LogP contribution is -2.71. The van der Waals surface area contributed by atoms with Crippen LogP contribution in [0.25, 0.3) is 0 Å². The van der Waals surface area contributed by atoms with Gasteiger partial charge in [0.15, 0.2) is 62.9 Å². The van der Waals surface area contributed by atoms with Crippen LogP contribution < -0.4 is 31.9 Å². The number of carboxylic acid groups (broad SMARTS) is 1. The van der Waals surface area contributed by atoms with E-state index in [9.17, 15) is 187 Å². The van der Waals surface area contributed by atoms with Gasteiger partial charge in [-0.3, -0.25) is 28.8 Å². The average molecular weight is 2120 g/mol. The standard InChI is InChI=1S/C81H134N6O58/c1-19-43(103)55(115)59(119)75(128-19)125-17-36-65(51(111)38(70(122)129-36)83-21(3)96)139-72-40(85-23(5)98)53(113)64(33(15-94)133-72)141-77-61(121)67(49(109)34(137-77)16-126-78-68(57(117)46(106)29(11-90)131-78)143-73-42(87-25(7)100)54(114)63(32(14-93)135-73)140-76-60(120)56(116)45(105)28(10-89)130-76)142-79-69(58(118)47(107)30(12-91)132-79)144-74-41(86-24(6)99)52(112)62(31(13-92)134-74)138-71-39(84-22(4)97)50(110)48(108)35(136-71)18-127-81(80(123)124)8-26(101)37(82-20(2)95)66(145-81)44(104)27(102)9-88/h19,26-79,88-94,101-122H,8-18H2,1-7H3,(H,82,95)(H,83,96)(H,84,97)(H,85,98)(H,86,99)(H,87,100)(H,123,124)/t19-,26-,27+,28+,29+,30+,31+,32+,33+,34+,35+,36+,37+,38+,39+,40+,41-,42+,43+,44+,45-,46+,47+,48-,49+,50+,51+,52+,53+,54+,55+,56-,57-,58-,59-,60+,61-,62+,63+,64+,65+,66+,67-,68-,69-,70+,71-,72-,73-,74-,75+,76-,77-,78-,79+,81+/m0/s1. The number of hydrogen-bond acceptors (Lipinski definition) is 57. The second kappa shape index (κ2) is 51.8. The van der Waals surface area contributed by atoms with Gasteiger partial charge in [0.05, 0.1) is 84.3 Å². The van der Waals surface area contributed by atoms with Crippen molar-refractivity contribution >= 4 is 41.4 Å². The Kier molecular flexibility index (Phi) is 42.7. The lowest BCUT2D eigenvalue weighted by Gasteiger charge is -2.51. The van der Waals surface area contributed by atoms with Gasteiger partial charge in [0.25, 0.3) is 5.79 Å². The monoisotopic (exact) mass is 2120 g/mol. The smallest absolute Gasteiger partial charge is 0.364 e. The van der Waals surface area contributed by atoms with E-state index in [-0.39, 0.29) is 0 Å². The predicted molar refractivity (Wildman–Crippen MR) is 448 cm³/mol. The molecule has 0 aliphatic carbocycles. The molecule has 11 aliphatic heterocycles. The Hall–Kier alpha value is -5.71. The summed E-state index contributed by atoms with van der Waals surface area (Å²) in [5.74, 6) is -11.0. The van der Waals surface area contributed by atoms with Crippen LogP contribution in [0, 0.1) is 0 Å². The summed E-state index contributed by atoms with van der Waals surface area (Å²) in [7, 11) is 0. The lowest BCUT2D eigenvalue weighted by molar-refractivity contribution is -0.398. The van der Waals surface area contributed by atoms with Gasteiger partial charge >= 0.3 is 5.97 Å². The van der Waals surface area contributed by atoms with Crippen molar-refractivity contribution in [1.82, 2.24) is 31.9 Å². The van der Waals surface area contributed by atoms with Gasteiger partial charge in [-0.05, 0) is 6.92 Å². The second-order valence-electron chi connectivity index (χ2n) is 36.7. The molecule has 64 nitrogen and oxygen atoms in total. The number of aliphatic carboxylic acids is 1. The molecule has 0 aromatic rings. The number of amides is 6. The van der Waals surface area contributed by atoms with Crippen LogP contribution in [0.4, 0.5) is 0 Å². The first-order valence-electron chi connectivity index (χ1n) is 46.1. The minimum absolute atomic E-state index is 0.851. The molecular formula is C81H134N6O58. The highest BCUT2D eigenvalue weighted by molar-refractivity contribution is 5.77. The quantitative estimate of drug-likeness (QED) is 0.0272. The number of aliphatic hydroxyl groups is 29. The van der Waals surface area contributed by atoms with Crippen molar-refractivity contribution in [2.75, 3.05) is 66.1 Å². The first kappa shape index (κ1) is 120. The number of carbonyl (C=O) groups is 7. The van der Waals surface area contributed by atoms with E-state index < -0.39 is 457 Å². The topological polar surface area (TPSA) is 992 Å². The van der Waals surface area contributed by atoms with Crippen LogP contribution in [0.3, 0.4) is 0 Å². The van der Waals surface area contributed by atoms with Gasteiger partial charge < -0.3 is 285 Å². The van der Waals surface area contributed by atoms with E-state index >= 15 is 0 Å². The van der Waals surface area contributed by atoms with Crippen molar-refractivity contribution in [3.63, 3.8) is 0 Å². The SMILES string of the molecule is CC(=O)N[C@@H]1[C@H](O[C@@H]2[C@@H](O[C@@H]3[C@H](O)[C@H](O[C@H]4[C@H](O)[C@@H](NC(C)=O)[C@H](O[C@H]5[C@H](O)[C@@H](NC(C)=O)[C@H](O)O[C@@H]5CO[C@@H]5O[C@@H](C)[C@@H](O)[C@@H](O)[C@@H]5O)O[C@@H]4CO)O[C@H](CO[C@H]4O[C@H](CO)[C@@H](O)[C@H](O)[C@@H]4O[C@@H]4O[C@H](CO)[C@@H](O[C@@H]5O[C@H](CO)[C@H](O)[C@H](O)[C@H]5O)[C@H](O)[C@H]4NC(C)=O)[C@H]3O)O[C@H](CO)[C@@H](O)[C@@H]2O)O[C@H](CO)[C@@H](O[C@@H]2O[C@H](CO[C@]3(C(=O)O)C[C@H](O)[C@@H](NC(C)=O)[C@H]([C@H](O)[C@H](O)CO)O3)[C@H](O)[C@H](O)[C@H]2NC(C)=O)[C@@H]1O. The fraction of sp³-hybridized carbons (Fsp3) is 0.914. The van der Waals surface area contributed by atoms with E-state index in [4.69, 9.17) is 99.5 Å². The summed E-state index contributed by atoms with van der Waals surface area (Å²) in [6.45, 7) is -5.13. The molecule has 36 N–H and O–H groups in total. The predicted octanol–water partition coefficient (Wildman–Crippen LogP) is -23.9. The summed E-state index contributed by atoms with van der Waals surface area (Å²) < 4.78 is 126. The Bertz CT molecular complexity index is 4140. The maximum atomic E-state index is 13.4. The molecule has 0 bridgehead atoms. The lowest BCUT2D eigenvalue weighted by atomic mass is 9.88. The molecule has 11 aliphatic rings. The molecule has 0 spiro atoms. The number of ether oxygens (including phenoxy) is 21. The van der Waals surface area contributed by atoms with Crippen molar-refractivity contribution in [1.29, 1.82) is 0 Å². The van der Waals surface area contributed by atoms with Crippen molar-refractivity contribution in [2.45, 2.75) is 398 Å². The van der Waals surface area contributed by atoms with E-state index in [0.717, 1.165) is 41.5 Å². The minimum atomic E-state index is -3.14. The third-order valence-electron chi connectivity index (χ3n) is 26.3. The molecule has 145 heavy (non-hydrogen) atoms. The highest BCUT2D eigenvalue weighted by Crippen LogP contribution is 2.43. The number of nitrogens with one attached hydrogen (secondary N) is 6. The molecular weight excluding hydrogens is 1980 g/mol. The molecule has 11 heterocycles. The summed E-state index contributed by atoms with van der Waals surface area (Å²) in [4.78, 5) is 90.8. The zero-order chi connectivity index (χ0) is 107. The third kappa shape index (κ3) is 27.0. The van der Waals surface area contributed by atoms with Crippen LogP contribution in [0.1, 0.15) is 54.9 Å². The molecule has 11 fully saturated rings. The number of carbonyl (C=O) groups excluding carboxylic acids is 6. The average Bonchev–Trinajstić information content (AvgIpc) is 0.767. The maximum Gasteiger partial charge on any atom is 0.364 e. The maximum absolute atomic E-state index is 13.4. The number of hydrogen-bond donors (Lipinski definition) is 36. The van der Waals surface area contributed by atoms with Gasteiger partial charge in [0.1, 0.15) is 256 Å². The summed E-state index contributed by atoms with van der Waals surface area (Å²) >= 11 is 0. The van der Waals surface area contributed by atoms with Crippen LogP contribution in [0.5, 0.6) is 0 Å². The van der Waals surface area contributed by atoms with E-state index in [1.807, 2.05) is 0 Å². The second-order valence-corrected chi connectivity index (χ2v) is 36.7. The molecule has 64 heteroatoms. The normalized spacial score (nSPS) is 47.2. The van der Waals surface area contributed by atoms with Crippen LogP contribution in [-0.2, 0) is 133 Å². The fourth-order valence-corrected chi connectivity index (χ4v) is 18.7.